The van der Waals surface area contributed by atoms with Crippen LogP contribution in [0.3, 0.4) is 0 Å². The minimum atomic E-state index is 0.180. The van der Waals surface area contributed by atoms with E-state index in [1.807, 2.05) is 13.8 Å². The summed E-state index contributed by atoms with van der Waals surface area (Å²) in [5, 5.41) is 2.43. The number of carbonyl (C=O) groups is 1. The van der Waals surface area contributed by atoms with Crippen LogP contribution in [0.5, 0.6) is 0 Å². The number of rotatable bonds is 6. The van der Waals surface area contributed by atoms with Gasteiger partial charge in [-0.1, -0.05) is 76.9 Å². The molecule has 3 heteroatoms. The molecule has 7 unspecified atom stereocenters. The van der Waals surface area contributed by atoms with Gasteiger partial charge < -0.3 is 0 Å². The average molecular weight is 534 g/mol. The molecule has 2 aromatic carbocycles. The second-order valence-electron chi connectivity index (χ2n) is 13.2. The first-order valence-electron chi connectivity index (χ1n) is 15.9. The Kier molecular flexibility index (Phi) is 8.82. The zero-order valence-corrected chi connectivity index (χ0v) is 25.3. The fraction of sp³-hybridized carbons (Fsp3) is 0.686. The largest absolute Gasteiger partial charge is 0.296 e. The van der Waals surface area contributed by atoms with Crippen molar-refractivity contribution in [3.8, 4) is 0 Å². The lowest BCUT2D eigenvalue weighted by molar-refractivity contribution is -0.119. The molecule has 7 atom stereocenters. The summed E-state index contributed by atoms with van der Waals surface area (Å²) in [5.41, 5.74) is 1.16. The molecule has 4 fully saturated rings. The van der Waals surface area contributed by atoms with E-state index in [0.717, 1.165) is 40.9 Å². The molecule has 38 heavy (non-hydrogen) atoms. The minimum Gasteiger partial charge on any atom is -0.296 e. The van der Waals surface area contributed by atoms with Gasteiger partial charge in [0.05, 0.1) is 0 Å². The smallest absolute Gasteiger partial charge is 0.230 e. The summed E-state index contributed by atoms with van der Waals surface area (Å²) in [4.78, 5) is 13.8. The molecule has 0 saturated heterocycles. The van der Waals surface area contributed by atoms with Crippen molar-refractivity contribution in [1.82, 2.24) is 4.72 Å². The topological polar surface area (TPSA) is 29.1 Å². The van der Waals surface area contributed by atoms with Crippen LogP contribution in [0.15, 0.2) is 47.4 Å². The quantitative estimate of drug-likeness (QED) is 0.374. The molecule has 0 aromatic heterocycles. The molecule has 2 aromatic rings. The zero-order chi connectivity index (χ0) is 26.8. The molecule has 0 radical (unpaired) electrons. The fourth-order valence-corrected chi connectivity index (χ4v) is 10.6. The van der Waals surface area contributed by atoms with Crippen molar-refractivity contribution in [1.29, 1.82) is 0 Å². The normalized spacial score (nSPS) is 35.8. The van der Waals surface area contributed by atoms with Crippen molar-refractivity contribution in [2.45, 2.75) is 116 Å². The highest BCUT2D eigenvalue weighted by Crippen LogP contribution is 2.67. The summed E-state index contributed by atoms with van der Waals surface area (Å²) in [6, 6.07) is 14.7. The van der Waals surface area contributed by atoms with Crippen molar-refractivity contribution >= 4 is 28.6 Å². The summed E-state index contributed by atoms with van der Waals surface area (Å²) < 4.78 is 3.13. The second-order valence-corrected chi connectivity index (χ2v) is 14.1. The van der Waals surface area contributed by atoms with Crippen LogP contribution in [0.25, 0.3) is 10.8 Å². The van der Waals surface area contributed by atoms with Crippen LogP contribution in [0.2, 0.25) is 0 Å². The molecule has 6 rings (SSSR count). The van der Waals surface area contributed by atoms with E-state index in [1.165, 1.54) is 93.3 Å². The van der Waals surface area contributed by atoms with Gasteiger partial charge in [0.25, 0.3) is 0 Å². The Balaban J connectivity index is 0.00000144. The maximum Gasteiger partial charge on any atom is 0.230 e. The predicted molar refractivity (Wildman–Crippen MR) is 163 cm³/mol. The summed E-state index contributed by atoms with van der Waals surface area (Å²) in [7, 11) is 0. The number of benzene rings is 2. The van der Waals surface area contributed by atoms with Crippen LogP contribution in [0.1, 0.15) is 111 Å². The lowest BCUT2D eigenvalue weighted by Crippen LogP contribution is -2.52. The van der Waals surface area contributed by atoms with Gasteiger partial charge in [-0.3, -0.25) is 9.52 Å². The van der Waals surface area contributed by atoms with Gasteiger partial charge in [-0.05, 0) is 133 Å². The predicted octanol–water partition coefficient (Wildman–Crippen LogP) is 10.2. The summed E-state index contributed by atoms with van der Waals surface area (Å²) in [6.45, 7) is 9.34. The van der Waals surface area contributed by atoms with Crippen LogP contribution in [-0.2, 0) is 4.79 Å². The molecule has 0 bridgehead atoms. The van der Waals surface area contributed by atoms with Gasteiger partial charge in [-0.25, -0.2) is 0 Å². The van der Waals surface area contributed by atoms with Gasteiger partial charge in [0, 0.05) is 11.3 Å². The zero-order valence-electron chi connectivity index (χ0n) is 24.4. The summed E-state index contributed by atoms with van der Waals surface area (Å²) in [5.74, 6) is 4.92. The molecule has 1 N–H and O–H groups in total. The van der Waals surface area contributed by atoms with Gasteiger partial charge in [-0.15, -0.1) is 0 Å². The number of nitrogens with one attached hydrogen (secondary N) is 1. The van der Waals surface area contributed by atoms with E-state index >= 15 is 0 Å². The van der Waals surface area contributed by atoms with Gasteiger partial charge in [0.1, 0.15) is 0 Å². The van der Waals surface area contributed by atoms with Crippen LogP contribution in [0, 0.1) is 40.4 Å². The van der Waals surface area contributed by atoms with Crippen molar-refractivity contribution in [2.75, 3.05) is 0 Å². The molecule has 0 aliphatic heterocycles. The molecule has 0 heterocycles. The van der Waals surface area contributed by atoms with E-state index in [4.69, 9.17) is 0 Å². The van der Waals surface area contributed by atoms with E-state index in [0.29, 0.717) is 17.3 Å². The third kappa shape index (κ3) is 5.18. The molecular formula is C35H51NOS. The van der Waals surface area contributed by atoms with Crippen LogP contribution >= 0.6 is 11.9 Å². The Morgan fingerprint density at radius 3 is 2.53 bits per heavy atom. The monoisotopic (exact) mass is 533 g/mol. The van der Waals surface area contributed by atoms with Crippen molar-refractivity contribution in [2.24, 2.45) is 40.4 Å². The Labute approximate surface area is 236 Å². The molecule has 4 aliphatic carbocycles. The SMILES string of the molecule is CC.CC12CCCCC1CCC1C2CCC2(C)C(CCCC(=O)NSc3cccc4ccccc34)CCC12. The number of hydrogen-bond donors (Lipinski definition) is 1. The Morgan fingerprint density at radius 1 is 0.868 bits per heavy atom. The molecule has 208 valence electrons. The fourth-order valence-electron chi connectivity index (χ4n) is 9.83. The molecule has 0 spiro atoms. The number of fused-ring (bicyclic) bond motifs is 6. The average Bonchev–Trinajstić information content (AvgIpc) is 3.29. The highest BCUT2D eigenvalue weighted by Gasteiger charge is 2.59. The minimum absolute atomic E-state index is 0.180. The van der Waals surface area contributed by atoms with E-state index in [2.05, 4.69) is 61.0 Å². The molecular weight excluding hydrogens is 482 g/mol. The van der Waals surface area contributed by atoms with Gasteiger partial charge >= 0.3 is 0 Å². The first-order chi connectivity index (χ1) is 18.5. The Morgan fingerprint density at radius 2 is 1.66 bits per heavy atom. The lowest BCUT2D eigenvalue weighted by Gasteiger charge is -2.60. The number of carbonyl (C=O) groups excluding carboxylic acids is 1. The molecule has 2 nitrogen and oxygen atoms in total. The van der Waals surface area contributed by atoms with Crippen LogP contribution in [0.4, 0.5) is 0 Å². The maximum absolute atomic E-state index is 12.7. The molecule has 4 aliphatic rings. The van der Waals surface area contributed by atoms with E-state index in [9.17, 15) is 4.79 Å². The Hall–Kier alpha value is -1.48. The van der Waals surface area contributed by atoms with Crippen LogP contribution < -0.4 is 4.72 Å². The van der Waals surface area contributed by atoms with Crippen molar-refractivity contribution in [3.05, 3.63) is 42.5 Å². The first kappa shape index (κ1) is 28.1. The van der Waals surface area contributed by atoms with Crippen molar-refractivity contribution < 1.29 is 4.79 Å². The van der Waals surface area contributed by atoms with Crippen LogP contribution in [-0.4, -0.2) is 5.91 Å². The highest BCUT2D eigenvalue weighted by atomic mass is 32.2. The lowest BCUT2D eigenvalue weighted by atomic mass is 9.45. The Bertz CT molecular complexity index is 1090. The van der Waals surface area contributed by atoms with Crippen molar-refractivity contribution in [3.63, 3.8) is 0 Å². The first-order valence-corrected chi connectivity index (χ1v) is 16.7. The van der Waals surface area contributed by atoms with E-state index in [-0.39, 0.29) is 5.91 Å². The van der Waals surface area contributed by atoms with E-state index < -0.39 is 0 Å². The van der Waals surface area contributed by atoms with Gasteiger partial charge in [0.2, 0.25) is 5.91 Å². The van der Waals surface area contributed by atoms with Gasteiger partial charge in [-0.2, -0.15) is 0 Å². The third-order valence-electron chi connectivity index (χ3n) is 11.8. The highest BCUT2D eigenvalue weighted by molar-refractivity contribution is 7.98. The van der Waals surface area contributed by atoms with E-state index in [1.54, 1.807) is 0 Å². The maximum atomic E-state index is 12.7. The summed E-state index contributed by atoms with van der Waals surface area (Å²) >= 11 is 1.48. The molecule has 1 amide bonds. The summed E-state index contributed by atoms with van der Waals surface area (Å²) in [6.07, 6.45) is 17.6. The van der Waals surface area contributed by atoms with Gasteiger partial charge in [0.15, 0.2) is 0 Å². The third-order valence-corrected chi connectivity index (χ3v) is 12.7. The number of amides is 1. The molecule has 4 saturated carbocycles. The second kappa shape index (κ2) is 11.9. The number of hydrogen-bond acceptors (Lipinski definition) is 2. The standard InChI is InChI=1S/C33H45NOS.C2H6/c1-32-21-6-5-11-24(32)16-18-27-28-19-17-25(33(28,2)22-20-29(27)32)12-8-15-31(35)34-36-30-14-7-10-23-9-3-4-13-26(23)30;1-2/h3-4,7,9-10,13-14,24-25,27-29H,5-6,8,11-12,15-22H2,1-2H3,(H,34,35);1-2H3.